The highest BCUT2D eigenvalue weighted by molar-refractivity contribution is 7.99. The average molecular weight is 374 g/mol. The van der Waals surface area contributed by atoms with Crippen LogP contribution in [0.25, 0.3) is 10.9 Å². The van der Waals surface area contributed by atoms with E-state index in [1.165, 1.54) is 18.8 Å². The van der Waals surface area contributed by atoms with Gasteiger partial charge in [-0.3, -0.25) is 19.0 Å². The van der Waals surface area contributed by atoms with Crippen LogP contribution in [0.15, 0.2) is 34.2 Å². The van der Waals surface area contributed by atoms with Gasteiger partial charge in [0.05, 0.1) is 23.2 Å². The molecule has 1 aliphatic carbocycles. The molecule has 1 fully saturated rings. The first-order valence-electron chi connectivity index (χ1n) is 8.71. The predicted octanol–water partition coefficient (Wildman–Crippen LogP) is 1.47. The van der Waals surface area contributed by atoms with Crippen LogP contribution in [0.4, 0.5) is 0 Å². The average Bonchev–Trinajstić information content (AvgIpc) is 3.18. The zero-order valence-electron chi connectivity index (χ0n) is 14.7. The lowest BCUT2D eigenvalue weighted by atomic mass is 10.2. The molecule has 0 saturated heterocycles. The molecule has 8 heteroatoms. The summed E-state index contributed by atoms with van der Waals surface area (Å²) < 4.78 is 1.76. The molecule has 1 saturated carbocycles. The van der Waals surface area contributed by atoms with Crippen LogP contribution < -0.4 is 16.2 Å². The Morgan fingerprint density at radius 2 is 1.96 bits per heavy atom. The number of carbonyl (C=O) groups is 2. The van der Waals surface area contributed by atoms with Gasteiger partial charge in [-0.05, 0) is 25.0 Å². The molecule has 1 aromatic heterocycles. The topological polar surface area (TPSA) is 93.1 Å². The molecular weight excluding hydrogens is 352 g/mol. The van der Waals surface area contributed by atoms with Gasteiger partial charge in [0.25, 0.3) is 5.56 Å². The predicted molar refractivity (Wildman–Crippen MR) is 101 cm³/mol. The Bertz CT molecular complexity index is 874. The highest BCUT2D eigenvalue weighted by atomic mass is 32.2. The van der Waals surface area contributed by atoms with Gasteiger partial charge in [-0.25, -0.2) is 4.98 Å². The SMILES string of the molecule is CNC(=O)CNC(=O)CSc1nc2ccccc2c(=O)n1C1CCCC1. The number of amides is 2. The summed E-state index contributed by atoms with van der Waals surface area (Å²) in [7, 11) is 1.52. The van der Waals surface area contributed by atoms with Crippen molar-refractivity contribution in [2.24, 2.45) is 0 Å². The zero-order chi connectivity index (χ0) is 18.5. The third-order valence-electron chi connectivity index (χ3n) is 4.52. The summed E-state index contributed by atoms with van der Waals surface area (Å²) >= 11 is 1.24. The molecule has 0 bridgehead atoms. The molecule has 26 heavy (non-hydrogen) atoms. The number of hydrogen-bond donors (Lipinski definition) is 2. The Kier molecular flexibility index (Phi) is 5.92. The van der Waals surface area contributed by atoms with Crippen molar-refractivity contribution in [1.29, 1.82) is 0 Å². The highest BCUT2D eigenvalue weighted by Gasteiger charge is 2.23. The van der Waals surface area contributed by atoms with E-state index in [0.717, 1.165) is 25.7 Å². The van der Waals surface area contributed by atoms with Crippen molar-refractivity contribution in [1.82, 2.24) is 20.2 Å². The smallest absolute Gasteiger partial charge is 0.262 e. The molecule has 0 aliphatic heterocycles. The number of thioether (sulfide) groups is 1. The minimum absolute atomic E-state index is 0.0456. The van der Waals surface area contributed by atoms with Crippen LogP contribution in [0.3, 0.4) is 0 Å². The zero-order valence-corrected chi connectivity index (χ0v) is 15.5. The molecule has 3 rings (SSSR count). The monoisotopic (exact) mass is 374 g/mol. The summed E-state index contributed by atoms with van der Waals surface area (Å²) in [5.41, 5.74) is 0.593. The Morgan fingerprint density at radius 3 is 2.69 bits per heavy atom. The molecule has 0 spiro atoms. The quantitative estimate of drug-likeness (QED) is 0.590. The van der Waals surface area contributed by atoms with Crippen LogP contribution in [-0.4, -0.2) is 40.7 Å². The van der Waals surface area contributed by atoms with E-state index >= 15 is 0 Å². The maximum Gasteiger partial charge on any atom is 0.262 e. The fourth-order valence-electron chi connectivity index (χ4n) is 3.16. The van der Waals surface area contributed by atoms with Crippen LogP contribution in [0, 0.1) is 0 Å². The minimum Gasteiger partial charge on any atom is -0.358 e. The van der Waals surface area contributed by atoms with Gasteiger partial charge in [0.2, 0.25) is 11.8 Å². The summed E-state index contributed by atoms with van der Waals surface area (Å²) in [5, 5.41) is 6.18. The van der Waals surface area contributed by atoms with E-state index in [1.807, 2.05) is 18.2 Å². The fourth-order valence-corrected chi connectivity index (χ4v) is 4.06. The van der Waals surface area contributed by atoms with E-state index < -0.39 is 0 Å². The van der Waals surface area contributed by atoms with Crippen molar-refractivity contribution in [3.05, 3.63) is 34.6 Å². The third-order valence-corrected chi connectivity index (χ3v) is 5.48. The van der Waals surface area contributed by atoms with E-state index in [-0.39, 0.29) is 35.7 Å². The number of aromatic nitrogens is 2. The second kappa shape index (κ2) is 8.35. The summed E-state index contributed by atoms with van der Waals surface area (Å²) in [4.78, 5) is 40.8. The Morgan fingerprint density at radius 1 is 1.23 bits per heavy atom. The highest BCUT2D eigenvalue weighted by Crippen LogP contribution is 2.32. The van der Waals surface area contributed by atoms with Crippen LogP contribution in [0.1, 0.15) is 31.7 Å². The molecule has 1 aromatic carbocycles. The first-order valence-corrected chi connectivity index (χ1v) is 9.70. The van der Waals surface area contributed by atoms with E-state index in [2.05, 4.69) is 15.6 Å². The third kappa shape index (κ3) is 4.07. The number of para-hydroxylation sites is 1. The van der Waals surface area contributed by atoms with Gasteiger partial charge >= 0.3 is 0 Å². The number of nitrogens with one attached hydrogen (secondary N) is 2. The standard InChI is InChI=1S/C18H22N4O3S/c1-19-15(23)10-20-16(24)11-26-18-21-14-9-5-4-8-13(14)17(25)22(18)12-6-2-3-7-12/h4-5,8-9,12H,2-3,6-7,10-11H2,1H3,(H,19,23)(H,20,24). The number of rotatable bonds is 6. The molecule has 138 valence electrons. The van der Waals surface area contributed by atoms with E-state index in [1.54, 1.807) is 10.6 Å². The van der Waals surface area contributed by atoms with Crippen molar-refractivity contribution in [3.8, 4) is 0 Å². The maximum absolute atomic E-state index is 13.0. The molecule has 1 heterocycles. The van der Waals surface area contributed by atoms with Crippen molar-refractivity contribution in [2.75, 3.05) is 19.3 Å². The van der Waals surface area contributed by atoms with E-state index in [9.17, 15) is 14.4 Å². The summed E-state index contributed by atoms with van der Waals surface area (Å²) in [5.74, 6) is -0.414. The van der Waals surface area contributed by atoms with Crippen molar-refractivity contribution in [3.63, 3.8) is 0 Å². The summed E-state index contributed by atoms with van der Waals surface area (Å²) in [6.07, 6.45) is 4.11. The second-order valence-electron chi connectivity index (χ2n) is 6.26. The first-order chi connectivity index (χ1) is 12.6. The van der Waals surface area contributed by atoms with Gasteiger partial charge < -0.3 is 10.6 Å². The fraction of sp³-hybridized carbons (Fsp3) is 0.444. The first kappa shape index (κ1) is 18.4. The van der Waals surface area contributed by atoms with Gasteiger partial charge in [-0.15, -0.1) is 0 Å². The normalized spacial score (nSPS) is 14.5. The van der Waals surface area contributed by atoms with Gasteiger partial charge in [0.1, 0.15) is 0 Å². The second-order valence-corrected chi connectivity index (χ2v) is 7.21. The minimum atomic E-state index is -0.265. The van der Waals surface area contributed by atoms with E-state index in [0.29, 0.717) is 16.1 Å². The molecule has 0 unspecified atom stereocenters. The lowest BCUT2D eigenvalue weighted by molar-refractivity contribution is -0.124. The molecule has 2 aromatic rings. The molecule has 0 radical (unpaired) electrons. The molecule has 1 aliphatic rings. The summed E-state index contributed by atoms with van der Waals surface area (Å²) in [6.45, 7) is -0.0591. The lowest BCUT2D eigenvalue weighted by Gasteiger charge is -2.18. The molecule has 0 atom stereocenters. The molecular formula is C18H22N4O3S. The Labute approximate surface area is 155 Å². The van der Waals surface area contributed by atoms with Gasteiger partial charge in [-0.2, -0.15) is 0 Å². The number of likely N-dealkylation sites (N-methyl/N-ethyl adjacent to an activating group) is 1. The number of nitrogens with zero attached hydrogens (tertiary/aromatic N) is 2. The van der Waals surface area contributed by atoms with Crippen molar-refractivity contribution in [2.45, 2.75) is 36.9 Å². The number of fused-ring (bicyclic) bond motifs is 1. The van der Waals surface area contributed by atoms with Gasteiger partial charge in [0.15, 0.2) is 5.16 Å². The Hall–Kier alpha value is -2.35. The van der Waals surface area contributed by atoms with Crippen LogP contribution >= 0.6 is 11.8 Å². The van der Waals surface area contributed by atoms with Crippen LogP contribution in [0.5, 0.6) is 0 Å². The molecule has 7 nitrogen and oxygen atoms in total. The van der Waals surface area contributed by atoms with E-state index in [4.69, 9.17) is 0 Å². The lowest BCUT2D eigenvalue weighted by Crippen LogP contribution is -2.36. The number of hydrogen-bond acceptors (Lipinski definition) is 5. The maximum atomic E-state index is 13.0. The van der Waals surface area contributed by atoms with Crippen molar-refractivity contribution >= 4 is 34.5 Å². The Balaban J connectivity index is 1.84. The van der Waals surface area contributed by atoms with Crippen molar-refractivity contribution < 1.29 is 9.59 Å². The van der Waals surface area contributed by atoms with Gasteiger partial charge in [0, 0.05) is 13.1 Å². The number of carbonyl (C=O) groups excluding carboxylic acids is 2. The number of benzene rings is 1. The largest absolute Gasteiger partial charge is 0.358 e. The van der Waals surface area contributed by atoms with Crippen LogP contribution in [-0.2, 0) is 9.59 Å². The molecule has 2 amide bonds. The molecule has 2 N–H and O–H groups in total. The van der Waals surface area contributed by atoms with Gasteiger partial charge in [-0.1, -0.05) is 36.7 Å². The summed E-state index contributed by atoms with van der Waals surface area (Å²) in [6, 6.07) is 7.42. The van der Waals surface area contributed by atoms with Crippen LogP contribution in [0.2, 0.25) is 0 Å².